The maximum absolute atomic E-state index is 13.0. The van der Waals surface area contributed by atoms with Crippen molar-refractivity contribution in [1.29, 1.82) is 5.26 Å². The van der Waals surface area contributed by atoms with E-state index in [9.17, 15) is 14.9 Å². The highest BCUT2D eigenvalue weighted by Gasteiger charge is 2.38. The molecular formula is C26H24ClN3O3S. The van der Waals surface area contributed by atoms with Crippen LogP contribution in [0.25, 0.3) is 0 Å². The summed E-state index contributed by atoms with van der Waals surface area (Å²) < 4.78 is 5.84. The van der Waals surface area contributed by atoms with Crippen LogP contribution in [-0.2, 0) is 9.59 Å². The Morgan fingerprint density at radius 2 is 2.00 bits per heavy atom. The number of Topliss-reactive ketones (excluding diaryl/α,β-unsaturated/α-hetero) is 1. The number of anilines is 1. The Morgan fingerprint density at radius 3 is 2.74 bits per heavy atom. The average molecular weight is 494 g/mol. The number of hydrogen-bond donors (Lipinski definition) is 2. The summed E-state index contributed by atoms with van der Waals surface area (Å²) in [6, 6.07) is 16.7. The van der Waals surface area contributed by atoms with E-state index in [0.717, 1.165) is 17.7 Å². The maximum Gasteiger partial charge on any atom is 0.234 e. The standard InChI is InChI=1S/C26H24ClN3O3S/c1-2-33-22-9-4-3-6-18(22)24-19(14-28)26(30-20-7-5-8-21(31)25(20)24)34-15-23(32)29-17-12-10-16(27)11-13-17/h3-4,6,9-13,24,30H,2,5,7-8,15H2,1H3,(H,29,32)/t24-/m1/s1. The first-order chi connectivity index (χ1) is 16.5. The van der Waals surface area contributed by atoms with Gasteiger partial charge in [-0.05, 0) is 50.1 Å². The largest absolute Gasteiger partial charge is 0.494 e. The average Bonchev–Trinajstić information content (AvgIpc) is 2.84. The molecule has 174 valence electrons. The first-order valence-corrected chi connectivity index (χ1v) is 12.5. The number of allylic oxidation sites excluding steroid dienone is 3. The maximum atomic E-state index is 13.0. The lowest BCUT2D eigenvalue weighted by molar-refractivity contribution is -0.116. The number of amides is 1. The van der Waals surface area contributed by atoms with Crippen LogP contribution in [0.3, 0.4) is 0 Å². The van der Waals surface area contributed by atoms with E-state index in [1.807, 2.05) is 31.2 Å². The summed E-state index contributed by atoms with van der Waals surface area (Å²) in [5.41, 5.74) is 3.31. The van der Waals surface area contributed by atoms with Crippen LogP contribution in [0.4, 0.5) is 5.69 Å². The number of ether oxygens (including phenoxy) is 1. The van der Waals surface area contributed by atoms with Crippen molar-refractivity contribution in [3.8, 4) is 11.8 Å². The molecule has 1 heterocycles. The lowest BCUT2D eigenvalue weighted by Gasteiger charge is -2.33. The highest BCUT2D eigenvalue weighted by atomic mass is 35.5. The molecule has 1 aliphatic carbocycles. The third-order valence-corrected chi connectivity index (χ3v) is 6.94. The van der Waals surface area contributed by atoms with Crippen LogP contribution >= 0.6 is 23.4 Å². The van der Waals surface area contributed by atoms with Crippen LogP contribution < -0.4 is 15.4 Å². The molecule has 0 saturated carbocycles. The van der Waals surface area contributed by atoms with E-state index in [0.29, 0.717) is 52.1 Å². The minimum Gasteiger partial charge on any atom is -0.494 e. The molecule has 1 atom stereocenters. The number of nitrogens with one attached hydrogen (secondary N) is 2. The van der Waals surface area contributed by atoms with Crippen LogP contribution in [0.15, 0.2) is 70.4 Å². The van der Waals surface area contributed by atoms with E-state index in [4.69, 9.17) is 16.3 Å². The summed E-state index contributed by atoms with van der Waals surface area (Å²) in [5.74, 6) is 0.0670. The monoisotopic (exact) mass is 493 g/mol. The molecule has 1 amide bonds. The number of dihydropyridines is 1. The van der Waals surface area contributed by atoms with E-state index < -0.39 is 5.92 Å². The molecule has 2 aromatic rings. The van der Waals surface area contributed by atoms with Gasteiger partial charge < -0.3 is 15.4 Å². The minimum atomic E-state index is -0.529. The van der Waals surface area contributed by atoms with E-state index in [1.165, 1.54) is 11.8 Å². The summed E-state index contributed by atoms with van der Waals surface area (Å²) in [5, 5.41) is 17.5. The number of nitriles is 1. The molecule has 0 spiro atoms. The Labute approximate surface area is 208 Å². The zero-order chi connectivity index (χ0) is 24.1. The zero-order valence-electron chi connectivity index (χ0n) is 18.7. The molecule has 2 aromatic carbocycles. The third kappa shape index (κ3) is 5.14. The molecule has 1 aliphatic heterocycles. The Hall–Kier alpha value is -3.21. The zero-order valence-corrected chi connectivity index (χ0v) is 20.3. The van der Waals surface area contributed by atoms with Crippen molar-refractivity contribution in [1.82, 2.24) is 5.32 Å². The normalized spacial score (nSPS) is 17.6. The van der Waals surface area contributed by atoms with Crippen molar-refractivity contribution in [2.24, 2.45) is 0 Å². The minimum absolute atomic E-state index is 0.0438. The SMILES string of the molecule is CCOc1ccccc1[C@@H]1C(C#N)=C(SCC(=O)Nc2ccc(Cl)cc2)NC2=C1C(=O)CCC2. The molecular weight excluding hydrogens is 470 g/mol. The quantitative estimate of drug-likeness (QED) is 0.526. The summed E-state index contributed by atoms with van der Waals surface area (Å²) >= 11 is 7.16. The van der Waals surface area contributed by atoms with Crippen molar-refractivity contribution >= 4 is 40.7 Å². The molecule has 6 nitrogen and oxygen atoms in total. The summed E-state index contributed by atoms with van der Waals surface area (Å²) in [7, 11) is 0. The molecule has 4 rings (SSSR count). The smallest absolute Gasteiger partial charge is 0.234 e. The second-order valence-corrected chi connectivity index (χ2v) is 9.32. The summed E-state index contributed by atoms with van der Waals surface area (Å²) in [6.45, 7) is 2.37. The summed E-state index contributed by atoms with van der Waals surface area (Å²) in [4.78, 5) is 25.6. The predicted octanol–water partition coefficient (Wildman–Crippen LogP) is 5.54. The third-order valence-electron chi connectivity index (χ3n) is 5.67. The molecule has 34 heavy (non-hydrogen) atoms. The Kier molecular flexibility index (Phi) is 7.61. The number of thioether (sulfide) groups is 1. The van der Waals surface area contributed by atoms with Crippen molar-refractivity contribution in [2.45, 2.75) is 32.1 Å². The van der Waals surface area contributed by atoms with Crippen molar-refractivity contribution in [3.05, 3.63) is 81.0 Å². The van der Waals surface area contributed by atoms with Crippen molar-refractivity contribution < 1.29 is 14.3 Å². The number of carbonyl (C=O) groups is 2. The van der Waals surface area contributed by atoms with E-state index in [2.05, 4.69) is 16.7 Å². The van der Waals surface area contributed by atoms with E-state index in [-0.39, 0.29) is 17.4 Å². The van der Waals surface area contributed by atoms with Crippen LogP contribution in [-0.4, -0.2) is 24.1 Å². The van der Waals surface area contributed by atoms with Gasteiger partial charge >= 0.3 is 0 Å². The number of halogens is 1. The molecule has 0 bridgehead atoms. The lowest BCUT2D eigenvalue weighted by atomic mass is 9.76. The van der Waals surface area contributed by atoms with Gasteiger partial charge in [0.25, 0.3) is 0 Å². The second-order valence-electron chi connectivity index (χ2n) is 7.90. The van der Waals surface area contributed by atoms with E-state index >= 15 is 0 Å². The fourth-order valence-electron chi connectivity index (χ4n) is 4.22. The first-order valence-electron chi connectivity index (χ1n) is 11.1. The van der Waals surface area contributed by atoms with Crippen LogP contribution in [0.5, 0.6) is 5.75 Å². The van der Waals surface area contributed by atoms with Gasteiger partial charge in [0.2, 0.25) is 5.91 Å². The molecule has 2 aliphatic rings. The number of hydrogen-bond acceptors (Lipinski definition) is 6. The number of rotatable bonds is 7. The fraction of sp³-hybridized carbons (Fsp3) is 0.269. The molecule has 2 N–H and O–H groups in total. The lowest BCUT2D eigenvalue weighted by Crippen LogP contribution is -2.32. The molecule has 0 unspecified atom stereocenters. The predicted molar refractivity (Wildman–Crippen MR) is 135 cm³/mol. The molecule has 0 fully saturated rings. The fourth-order valence-corrected chi connectivity index (χ4v) is 5.21. The van der Waals surface area contributed by atoms with Crippen LogP contribution in [0.1, 0.15) is 37.7 Å². The van der Waals surface area contributed by atoms with Gasteiger partial charge in [-0.25, -0.2) is 0 Å². The second kappa shape index (κ2) is 10.8. The number of para-hydroxylation sites is 1. The highest BCUT2D eigenvalue weighted by molar-refractivity contribution is 8.03. The molecule has 0 saturated heterocycles. The number of ketones is 1. The van der Waals surface area contributed by atoms with Crippen molar-refractivity contribution in [2.75, 3.05) is 17.7 Å². The topological polar surface area (TPSA) is 91.2 Å². The van der Waals surface area contributed by atoms with Gasteiger partial charge in [0.1, 0.15) is 5.75 Å². The Balaban J connectivity index is 1.65. The Bertz CT molecular complexity index is 1210. The molecule has 8 heteroatoms. The molecule has 0 aromatic heterocycles. The van der Waals surface area contributed by atoms with Gasteiger partial charge in [-0.1, -0.05) is 41.6 Å². The highest BCUT2D eigenvalue weighted by Crippen LogP contribution is 2.46. The van der Waals surface area contributed by atoms with Gasteiger partial charge in [0.05, 0.1) is 34.9 Å². The van der Waals surface area contributed by atoms with Gasteiger partial charge in [-0.3, -0.25) is 9.59 Å². The van der Waals surface area contributed by atoms with Gasteiger partial charge in [-0.2, -0.15) is 5.26 Å². The number of carbonyl (C=O) groups excluding carboxylic acids is 2. The molecule has 0 radical (unpaired) electrons. The summed E-state index contributed by atoms with van der Waals surface area (Å²) in [6.07, 6.45) is 1.92. The van der Waals surface area contributed by atoms with Gasteiger partial charge in [-0.15, -0.1) is 0 Å². The van der Waals surface area contributed by atoms with Gasteiger partial charge in [0.15, 0.2) is 5.78 Å². The van der Waals surface area contributed by atoms with Crippen LogP contribution in [0.2, 0.25) is 5.02 Å². The Morgan fingerprint density at radius 1 is 1.24 bits per heavy atom. The van der Waals surface area contributed by atoms with Crippen LogP contribution in [0, 0.1) is 11.3 Å². The number of benzene rings is 2. The van der Waals surface area contributed by atoms with Crippen molar-refractivity contribution in [3.63, 3.8) is 0 Å². The first kappa shape index (κ1) is 23.9. The van der Waals surface area contributed by atoms with E-state index in [1.54, 1.807) is 24.3 Å². The number of nitrogens with zero attached hydrogens (tertiary/aromatic N) is 1. The van der Waals surface area contributed by atoms with Gasteiger partial charge in [0, 0.05) is 34.0 Å².